The average Bonchev–Trinajstić information content (AvgIpc) is 3.41. The molecule has 2 aliphatic heterocycles. The smallest absolute Gasteiger partial charge is 0.259 e. The molecular weight excluding hydrogens is 429 g/mol. The Kier molecular flexibility index (Phi) is 5.12. The Morgan fingerprint density at radius 1 is 1.21 bits per heavy atom. The van der Waals surface area contributed by atoms with Crippen molar-refractivity contribution >= 4 is 17.9 Å². The molecule has 0 radical (unpaired) electrons. The first kappa shape index (κ1) is 21.0. The third-order valence-corrected chi connectivity index (χ3v) is 6.91. The van der Waals surface area contributed by atoms with Gasteiger partial charge in [0.25, 0.3) is 5.91 Å². The van der Waals surface area contributed by atoms with E-state index in [2.05, 4.69) is 30.9 Å². The van der Waals surface area contributed by atoms with Gasteiger partial charge in [0.05, 0.1) is 5.56 Å². The number of benzene rings is 1. The lowest BCUT2D eigenvalue weighted by Gasteiger charge is -2.16. The van der Waals surface area contributed by atoms with Crippen molar-refractivity contribution in [3.8, 4) is 11.5 Å². The number of carbonyl (C=O) groups excluding carboxylic acids is 1. The van der Waals surface area contributed by atoms with Crippen LogP contribution in [0.2, 0.25) is 0 Å². The minimum atomic E-state index is -0.543. The number of aliphatic imine (C=N–C) groups is 1. The van der Waals surface area contributed by atoms with E-state index < -0.39 is 11.7 Å². The third-order valence-electron chi connectivity index (χ3n) is 6.91. The van der Waals surface area contributed by atoms with Gasteiger partial charge in [-0.15, -0.1) is 0 Å². The molecular formula is C27H26FN5O. The van der Waals surface area contributed by atoms with Crippen LogP contribution in [0.5, 0.6) is 0 Å². The molecule has 1 saturated carbocycles. The van der Waals surface area contributed by atoms with Crippen LogP contribution in [0.15, 0.2) is 53.3 Å². The monoisotopic (exact) mass is 455 g/mol. The van der Waals surface area contributed by atoms with Crippen molar-refractivity contribution in [2.24, 2.45) is 10.9 Å². The van der Waals surface area contributed by atoms with Gasteiger partial charge in [0.1, 0.15) is 17.3 Å². The Morgan fingerprint density at radius 3 is 2.94 bits per heavy atom. The molecule has 6 rings (SSSR count). The number of nitrogens with zero attached hydrogens (tertiary/aromatic N) is 4. The molecule has 1 aromatic carbocycles. The number of aryl methyl sites for hydroxylation is 2. The summed E-state index contributed by atoms with van der Waals surface area (Å²) < 4.78 is 17.0. The summed E-state index contributed by atoms with van der Waals surface area (Å²) in [5.41, 5.74) is 4.73. The summed E-state index contributed by atoms with van der Waals surface area (Å²) >= 11 is 0. The third kappa shape index (κ3) is 3.85. The van der Waals surface area contributed by atoms with Crippen LogP contribution in [-0.4, -0.2) is 26.7 Å². The number of hydrogen-bond donors (Lipinski definition) is 1. The van der Waals surface area contributed by atoms with Crippen molar-refractivity contribution in [2.75, 3.05) is 5.32 Å². The van der Waals surface area contributed by atoms with Crippen LogP contribution < -0.4 is 5.32 Å². The molecule has 3 aromatic rings. The number of hydrogen-bond acceptors (Lipinski definition) is 4. The number of allylic oxidation sites excluding steroid dienone is 2. The second-order valence-corrected chi connectivity index (χ2v) is 9.40. The molecule has 1 fully saturated rings. The number of fused-ring (bicyclic) bond motifs is 1. The molecule has 0 spiro atoms. The van der Waals surface area contributed by atoms with Gasteiger partial charge in [0, 0.05) is 42.2 Å². The highest BCUT2D eigenvalue weighted by Gasteiger charge is 2.29. The Labute approximate surface area is 197 Å². The molecule has 6 nitrogen and oxygen atoms in total. The number of carbonyl (C=O) groups is 1. The summed E-state index contributed by atoms with van der Waals surface area (Å²) in [5.74, 6) is 0.636. The Bertz CT molecular complexity index is 1350. The van der Waals surface area contributed by atoms with E-state index in [9.17, 15) is 9.18 Å². The van der Waals surface area contributed by atoms with Gasteiger partial charge in [-0.05, 0) is 80.5 Å². The fraction of sp³-hybridized carbons (Fsp3) is 0.333. The lowest BCUT2D eigenvalue weighted by molar-refractivity contribution is 0.102. The standard InChI is InChI=1S/C27H26FN5O/c1-16-11-22(28)21(13-20(16)18-12-24(29-14-18)17-8-9-17)27(34)32-25-7-4-6-23(31-25)26-30-15-19-5-2-3-10-33(19)26/h4,6-7,11-15,17-18H,2-3,5,8-10H2,1H3,(H,31,32,34). The molecule has 172 valence electrons. The minimum absolute atomic E-state index is 0.00710. The van der Waals surface area contributed by atoms with Gasteiger partial charge in [-0.2, -0.15) is 0 Å². The number of rotatable bonds is 5. The molecule has 7 heteroatoms. The molecule has 0 saturated heterocycles. The number of aromatic nitrogens is 3. The lowest BCUT2D eigenvalue weighted by atomic mass is 9.93. The van der Waals surface area contributed by atoms with Gasteiger partial charge in [0.2, 0.25) is 0 Å². The van der Waals surface area contributed by atoms with Crippen molar-refractivity contribution < 1.29 is 9.18 Å². The Morgan fingerprint density at radius 2 is 2.09 bits per heavy atom. The Balaban J connectivity index is 1.26. The first-order chi connectivity index (χ1) is 16.6. The zero-order valence-corrected chi connectivity index (χ0v) is 19.1. The summed E-state index contributed by atoms with van der Waals surface area (Å²) in [6.45, 7) is 2.79. The van der Waals surface area contributed by atoms with Gasteiger partial charge < -0.3 is 9.88 Å². The molecule has 3 aliphatic rings. The van der Waals surface area contributed by atoms with Gasteiger partial charge in [-0.3, -0.25) is 9.79 Å². The maximum Gasteiger partial charge on any atom is 0.259 e. The first-order valence-electron chi connectivity index (χ1n) is 12.0. The van der Waals surface area contributed by atoms with Crippen molar-refractivity contribution in [3.63, 3.8) is 0 Å². The summed E-state index contributed by atoms with van der Waals surface area (Å²) in [6.07, 6.45) is 11.6. The second kappa shape index (κ2) is 8.31. The summed E-state index contributed by atoms with van der Waals surface area (Å²) in [7, 11) is 0. The zero-order chi connectivity index (χ0) is 23.2. The van der Waals surface area contributed by atoms with E-state index in [1.807, 2.05) is 31.5 Å². The second-order valence-electron chi connectivity index (χ2n) is 9.40. The molecule has 1 unspecified atom stereocenters. The highest BCUT2D eigenvalue weighted by atomic mass is 19.1. The van der Waals surface area contributed by atoms with E-state index in [1.54, 1.807) is 12.1 Å². The number of halogens is 1. The minimum Gasteiger partial charge on any atom is -0.327 e. The summed E-state index contributed by atoms with van der Waals surface area (Å²) in [5, 5.41) is 2.78. The maximum absolute atomic E-state index is 14.8. The predicted molar refractivity (Wildman–Crippen MR) is 130 cm³/mol. The van der Waals surface area contributed by atoms with E-state index in [-0.39, 0.29) is 11.5 Å². The summed E-state index contributed by atoms with van der Waals surface area (Å²) in [6, 6.07) is 8.51. The molecule has 1 N–H and O–H groups in total. The van der Waals surface area contributed by atoms with E-state index in [0.29, 0.717) is 17.4 Å². The number of pyridine rings is 1. The van der Waals surface area contributed by atoms with Crippen LogP contribution in [0.3, 0.4) is 0 Å². The van der Waals surface area contributed by atoms with Crippen molar-refractivity contribution in [2.45, 2.75) is 51.5 Å². The number of anilines is 1. The van der Waals surface area contributed by atoms with Crippen LogP contribution in [0.25, 0.3) is 11.5 Å². The molecule has 1 atom stereocenters. The molecule has 4 heterocycles. The normalized spacial score (nSPS) is 19.1. The zero-order valence-electron chi connectivity index (χ0n) is 19.1. The van der Waals surface area contributed by atoms with Crippen molar-refractivity contribution in [1.82, 2.24) is 14.5 Å². The summed E-state index contributed by atoms with van der Waals surface area (Å²) in [4.78, 5) is 26.8. The average molecular weight is 456 g/mol. The van der Waals surface area contributed by atoms with Crippen molar-refractivity contribution in [3.05, 3.63) is 76.5 Å². The topological polar surface area (TPSA) is 72.2 Å². The Hall–Kier alpha value is -3.61. The van der Waals surface area contributed by atoms with Gasteiger partial charge in [-0.25, -0.2) is 14.4 Å². The molecule has 1 amide bonds. The quantitative estimate of drug-likeness (QED) is 0.557. The van der Waals surface area contributed by atoms with E-state index >= 15 is 0 Å². The molecule has 34 heavy (non-hydrogen) atoms. The number of imidazole rings is 1. The van der Waals surface area contributed by atoms with Crippen LogP contribution in [-0.2, 0) is 13.0 Å². The highest BCUT2D eigenvalue weighted by Crippen LogP contribution is 2.41. The fourth-order valence-corrected chi connectivity index (χ4v) is 4.90. The number of amides is 1. The van der Waals surface area contributed by atoms with Crippen LogP contribution in [0.1, 0.15) is 58.8 Å². The van der Waals surface area contributed by atoms with Crippen molar-refractivity contribution in [1.29, 1.82) is 0 Å². The van der Waals surface area contributed by atoms with Gasteiger partial charge in [-0.1, -0.05) is 6.07 Å². The highest BCUT2D eigenvalue weighted by molar-refractivity contribution is 6.04. The molecule has 1 aliphatic carbocycles. The lowest BCUT2D eigenvalue weighted by Crippen LogP contribution is -2.16. The van der Waals surface area contributed by atoms with Gasteiger partial charge in [0.15, 0.2) is 5.82 Å². The van der Waals surface area contributed by atoms with Crippen LogP contribution in [0.4, 0.5) is 10.2 Å². The molecule has 2 aromatic heterocycles. The largest absolute Gasteiger partial charge is 0.327 e. The molecule has 0 bridgehead atoms. The number of nitrogens with one attached hydrogen (secondary N) is 1. The van der Waals surface area contributed by atoms with Crippen LogP contribution in [0, 0.1) is 18.7 Å². The van der Waals surface area contributed by atoms with Gasteiger partial charge >= 0.3 is 0 Å². The predicted octanol–water partition coefficient (Wildman–Crippen LogP) is 5.44. The maximum atomic E-state index is 14.8. The van der Waals surface area contributed by atoms with E-state index in [1.165, 1.54) is 31.0 Å². The SMILES string of the molecule is Cc1cc(F)c(C(=O)Nc2cccc(-c3ncc4n3CCCC4)n2)cc1C1C=NC(C2CC2)=C1. The van der Waals surface area contributed by atoms with E-state index in [0.717, 1.165) is 42.0 Å². The van der Waals surface area contributed by atoms with Crippen LogP contribution >= 0.6 is 0 Å². The first-order valence-corrected chi connectivity index (χ1v) is 12.0. The van der Waals surface area contributed by atoms with E-state index in [4.69, 9.17) is 0 Å². The fourth-order valence-electron chi connectivity index (χ4n) is 4.90.